The molecule has 56 heavy (non-hydrogen) atoms. The highest BCUT2D eigenvalue weighted by atomic mass is 33.1. The number of ether oxygens (including phenoxy) is 2. The SMILES string of the molecule is C/C=C(\C)C(=O)O[C@]1(C)CC=C2CSSC[C@@H]3[C@@H](CNC)CN3C(=O)CC3=C(C=C(N)NC3)[C@H]2[C@]12Cc1cc3cc(C[C@H](CO)CCCO)c(=O)oc3cc1O2. The predicted octanol–water partition coefficient (Wildman–Crippen LogP) is 4.14. The van der Waals surface area contributed by atoms with Gasteiger partial charge in [0.2, 0.25) is 5.91 Å². The zero-order valence-corrected chi connectivity index (χ0v) is 34.3. The number of esters is 1. The van der Waals surface area contributed by atoms with Crippen LogP contribution in [0.1, 0.15) is 57.6 Å². The molecule has 12 nitrogen and oxygen atoms in total. The molecule has 5 aliphatic rings. The van der Waals surface area contributed by atoms with E-state index in [1.165, 1.54) is 0 Å². The van der Waals surface area contributed by atoms with Crippen molar-refractivity contribution in [2.75, 3.05) is 51.4 Å². The van der Waals surface area contributed by atoms with Crippen molar-refractivity contribution < 1.29 is 33.7 Å². The van der Waals surface area contributed by atoms with Crippen molar-refractivity contribution in [1.82, 2.24) is 15.5 Å². The van der Waals surface area contributed by atoms with Gasteiger partial charge < -0.3 is 45.4 Å². The number of benzene rings is 1. The van der Waals surface area contributed by atoms with Gasteiger partial charge in [0.25, 0.3) is 0 Å². The maximum Gasteiger partial charge on any atom is 0.339 e. The lowest BCUT2D eigenvalue weighted by molar-refractivity contribution is -0.186. The zero-order chi connectivity index (χ0) is 39.8. The number of nitrogens with two attached hydrogens (primary N) is 1. The summed E-state index contributed by atoms with van der Waals surface area (Å²) in [5.41, 5.74) is 8.84. The second kappa shape index (κ2) is 16.7. The average Bonchev–Trinajstić information content (AvgIpc) is 3.54. The van der Waals surface area contributed by atoms with Crippen molar-refractivity contribution in [2.45, 2.75) is 76.5 Å². The summed E-state index contributed by atoms with van der Waals surface area (Å²) in [6.45, 7) is 7.36. The summed E-state index contributed by atoms with van der Waals surface area (Å²) in [6, 6.07) is 5.73. The van der Waals surface area contributed by atoms with Gasteiger partial charge in [-0.3, -0.25) is 4.79 Å². The van der Waals surface area contributed by atoms with Gasteiger partial charge >= 0.3 is 11.6 Å². The minimum absolute atomic E-state index is 0.0125. The van der Waals surface area contributed by atoms with Crippen molar-refractivity contribution in [1.29, 1.82) is 0 Å². The highest BCUT2D eigenvalue weighted by Crippen LogP contribution is 2.57. The molecule has 5 heterocycles. The number of dihydropyridines is 1. The number of aliphatic hydroxyl groups is 2. The van der Waals surface area contributed by atoms with E-state index in [1.807, 2.05) is 37.1 Å². The van der Waals surface area contributed by atoms with Crippen molar-refractivity contribution in [3.05, 3.63) is 86.1 Å². The van der Waals surface area contributed by atoms with Crippen molar-refractivity contribution in [3.8, 4) is 5.75 Å². The van der Waals surface area contributed by atoms with Crippen molar-refractivity contribution >= 4 is 44.4 Å². The topological polar surface area (TPSA) is 177 Å². The Hall–Kier alpha value is -3.69. The Morgan fingerprint density at radius 2 is 2.07 bits per heavy atom. The van der Waals surface area contributed by atoms with Crippen molar-refractivity contribution in [3.63, 3.8) is 0 Å². The van der Waals surface area contributed by atoms with Crippen LogP contribution in [0.5, 0.6) is 5.75 Å². The maximum atomic E-state index is 14.1. The third kappa shape index (κ3) is 7.55. The van der Waals surface area contributed by atoms with Gasteiger partial charge in [0, 0.05) is 91.7 Å². The van der Waals surface area contributed by atoms with E-state index in [4.69, 9.17) is 19.6 Å². The number of carbonyl (C=O) groups excluding carboxylic acids is 2. The quantitative estimate of drug-likeness (QED) is 0.0763. The average molecular weight is 807 g/mol. The molecular formula is C42H54N4O8S2. The molecule has 0 saturated carbocycles. The fraction of sp³-hybridized carbons (Fsp3) is 0.548. The number of aliphatic hydroxyl groups excluding tert-OH is 2. The Morgan fingerprint density at radius 3 is 2.82 bits per heavy atom. The summed E-state index contributed by atoms with van der Waals surface area (Å²) in [4.78, 5) is 43.2. The first-order valence-corrected chi connectivity index (χ1v) is 22.1. The summed E-state index contributed by atoms with van der Waals surface area (Å²) in [5, 5.41) is 26.6. The summed E-state index contributed by atoms with van der Waals surface area (Å²) in [6.07, 6.45) is 8.27. The van der Waals surface area contributed by atoms with Crippen LogP contribution in [0, 0.1) is 17.8 Å². The molecule has 4 aliphatic heterocycles. The third-order valence-electron chi connectivity index (χ3n) is 12.4. The molecule has 0 bridgehead atoms. The van der Waals surface area contributed by atoms with Crippen LogP contribution in [0.4, 0.5) is 0 Å². The van der Waals surface area contributed by atoms with Crippen LogP contribution in [-0.2, 0) is 27.2 Å². The Bertz CT molecular complexity index is 2060. The molecule has 6 atom stereocenters. The van der Waals surface area contributed by atoms with Gasteiger partial charge in [-0.1, -0.05) is 39.3 Å². The molecule has 1 aliphatic carbocycles. The van der Waals surface area contributed by atoms with E-state index in [2.05, 4.69) is 16.7 Å². The lowest BCUT2D eigenvalue weighted by Gasteiger charge is -2.53. The molecule has 7 rings (SSSR count). The van der Waals surface area contributed by atoms with Crippen LogP contribution in [0.25, 0.3) is 11.0 Å². The Kier molecular flexibility index (Phi) is 12.0. The molecule has 0 radical (unpaired) electrons. The number of hydrogen-bond donors (Lipinski definition) is 5. The largest absolute Gasteiger partial charge is 0.481 e. The van der Waals surface area contributed by atoms with E-state index in [1.54, 1.807) is 47.6 Å². The number of allylic oxidation sites excluding steroid dienone is 2. The smallest absolute Gasteiger partial charge is 0.339 e. The van der Waals surface area contributed by atoms with Gasteiger partial charge in [0.05, 0.1) is 18.2 Å². The van der Waals surface area contributed by atoms with Crippen LogP contribution < -0.4 is 26.7 Å². The molecule has 1 spiro atoms. The second-order valence-electron chi connectivity index (χ2n) is 16.0. The van der Waals surface area contributed by atoms with E-state index in [0.717, 1.165) is 40.0 Å². The van der Waals surface area contributed by atoms with Gasteiger partial charge in [0.1, 0.15) is 11.3 Å². The molecule has 1 amide bonds. The molecule has 6 N–H and O–H groups in total. The number of nitrogens with zero attached hydrogens (tertiary/aromatic N) is 1. The van der Waals surface area contributed by atoms with Crippen LogP contribution in [0.3, 0.4) is 0 Å². The Labute approximate surface area is 335 Å². The van der Waals surface area contributed by atoms with E-state index in [0.29, 0.717) is 85.2 Å². The fourth-order valence-corrected chi connectivity index (χ4v) is 11.6. The molecule has 1 aromatic carbocycles. The summed E-state index contributed by atoms with van der Waals surface area (Å²) in [7, 11) is 5.50. The van der Waals surface area contributed by atoms with Crippen LogP contribution in [0.2, 0.25) is 0 Å². The number of fused-ring (bicyclic) bond motifs is 6. The molecule has 1 fully saturated rings. The van der Waals surface area contributed by atoms with E-state index < -0.39 is 28.7 Å². The third-order valence-corrected chi connectivity index (χ3v) is 14.8. The first-order valence-electron chi connectivity index (χ1n) is 19.6. The van der Waals surface area contributed by atoms with Crippen LogP contribution in [-0.4, -0.2) is 95.6 Å². The van der Waals surface area contributed by atoms with Gasteiger partial charge in [-0.05, 0) is 87.9 Å². The van der Waals surface area contributed by atoms with Crippen molar-refractivity contribution in [2.24, 2.45) is 23.5 Å². The summed E-state index contributed by atoms with van der Waals surface area (Å²) in [5.74, 6) is 1.94. The first-order chi connectivity index (χ1) is 26.9. The minimum Gasteiger partial charge on any atom is -0.481 e. The van der Waals surface area contributed by atoms with E-state index in [-0.39, 0.29) is 37.5 Å². The number of carbonyl (C=O) groups is 2. The van der Waals surface area contributed by atoms with Gasteiger partial charge in [0.15, 0.2) is 11.2 Å². The highest BCUT2D eigenvalue weighted by Gasteiger charge is 2.64. The van der Waals surface area contributed by atoms with Gasteiger partial charge in [-0.2, -0.15) is 0 Å². The van der Waals surface area contributed by atoms with E-state index in [9.17, 15) is 24.6 Å². The molecular weight excluding hydrogens is 753 g/mol. The van der Waals surface area contributed by atoms with Crippen LogP contribution in [0.15, 0.2) is 73.8 Å². The standard InChI is InChI=1S/C42H54N4O8S2/c1-5-24(2)39(50)54-41(3)9-8-26-22-55-56-23-33-31(18-44-4)20-46(33)37(49)14-30-19-45-36(43)15-32(30)38(26)42(41)17-29-13-27-12-28(11-25(21-48)7-6-10-47)40(51)52-34(27)16-35(29)53-42/h5,8,12-13,15-16,25,31,33,38,44-45,47-48H,6-7,9-11,14,17-23,43H2,1-4H3/b24-5+/t25-,31+,33-,38+,41-,42-/m1/s1. The molecule has 2 aromatic rings. The minimum atomic E-state index is -1.17. The Balaban J connectivity index is 1.35. The predicted molar refractivity (Wildman–Crippen MR) is 220 cm³/mol. The maximum absolute atomic E-state index is 14.1. The molecule has 1 saturated heterocycles. The zero-order valence-electron chi connectivity index (χ0n) is 32.7. The normalized spacial score (nSPS) is 28.3. The highest BCUT2D eigenvalue weighted by molar-refractivity contribution is 8.76. The second-order valence-corrected chi connectivity index (χ2v) is 18.5. The molecule has 0 unspecified atom stereocenters. The number of hydrogen-bond acceptors (Lipinski definition) is 13. The molecule has 1 aromatic heterocycles. The molecule has 14 heteroatoms. The summed E-state index contributed by atoms with van der Waals surface area (Å²) < 4.78 is 19.7. The number of nitrogens with one attached hydrogen (secondary N) is 2. The number of rotatable bonds is 10. The van der Waals surface area contributed by atoms with Crippen LogP contribution >= 0.6 is 21.6 Å². The van der Waals surface area contributed by atoms with Gasteiger partial charge in [-0.15, -0.1) is 0 Å². The van der Waals surface area contributed by atoms with Gasteiger partial charge in [-0.25, -0.2) is 9.59 Å². The monoisotopic (exact) mass is 806 g/mol. The fourth-order valence-electron chi connectivity index (χ4n) is 9.08. The Morgan fingerprint density at radius 1 is 1.25 bits per heavy atom. The first kappa shape index (κ1) is 40.5. The molecule has 302 valence electrons. The lowest BCUT2D eigenvalue weighted by Crippen LogP contribution is -2.65. The number of amides is 1. The summed E-state index contributed by atoms with van der Waals surface area (Å²) >= 11 is 0. The van der Waals surface area contributed by atoms with E-state index >= 15 is 0 Å². The lowest BCUT2D eigenvalue weighted by atomic mass is 9.61.